The molecule has 12 aromatic rings. The van der Waals surface area contributed by atoms with Crippen molar-refractivity contribution in [1.29, 1.82) is 0 Å². The molecule has 300 valence electrons. The lowest BCUT2D eigenvalue weighted by atomic mass is 9.84. The van der Waals surface area contributed by atoms with E-state index < -0.39 is 0 Å². The van der Waals surface area contributed by atoms with Crippen LogP contribution in [0.3, 0.4) is 0 Å². The average molecular weight is 818 g/mol. The van der Waals surface area contributed by atoms with Gasteiger partial charge in [-0.15, -0.1) is 0 Å². The van der Waals surface area contributed by atoms with Crippen molar-refractivity contribution in [2.75, 3.05) is 0 Å². The van der Waals surface area contributed by atoms with Crippen LogP contribution in [0.15, 0.2) is 211 Å². The van der Waals surface area contributed by atoms with Gasteiger partial charge in [-0.1, -0.05) is 170 Å². The van der Waals surface area contributed by atoms with Gasteiger partial charge in [-0.3, -0.25) is 0 Å². The van der Waals surface area contributed by atoms with Crippen molar-refractivity contribution in [1.82, 2.24) is 15.0 Å². The van der Waals surface area contributed by atoms with E-state index in [4.69, 9.17) is 19.4 Å². The summed E-state index contributed by atoms with van der Waals surface area (Å²) in [4.78, 5) is 16.1. The van der Waals surface area contributed by atoms with E-state index in [0.29, 0.717) is 17.5 Å². The molecule has 1 aliphatic carbocycles. The van der Waals surface area contributed by atoms with Crippen LogP contribution in [0.25, 0.3) is 111 Å². The van der Waals surface area contributed by atoms with Crippen LogP contribution in [-0.4, -0.2) is 15.0 Å². The molecule has 0 saturated carbocycles. The quantitative estimate of drug-likeness (QED) is 0.162. The van der Waals surface area contributed by atoms with Crippen molar-refractivity contribution in [2.45, 2.75) is 18.8 Å². The third-order valence-electron chi connectivity index (χ3n) is 13.3. The maximum absolute atomic E-state index is 6.79. The highest BCUT2D eigenvalue weighted by molar-refractivity contribution is 6.12. The molecule has 0 N–H and O–H groups in total. The number of benzene rings is 10. The fraction of sp³-hybridized carbons (Fsp3) is 0.0500. The van der Waals surface area contributed by atoms with Crippen molar-refractivity contribution >= 4 is 54.3 Å². The fourth-order valence-corrected chi connectivity index (χ4v) is 10.2. The van der Waals surface area contributed by atoms with Gasteiger partial charge in [0.25, 0.3) is 0 Å². The van der Waals surface area contributed by atoms with Crippen molar-refractivity contribution in [3.8, 4) is 56.4 Å². The Bertz CT molecular complexity index is 3810. The minimum Gasteiger partial charge on any atom is -0.456 e. The zero-order valence-electron chi connectivity index (χ0n) is 34.9. The summed E-state index contributed by atoms with van der Waals surface area (Å²) in [5.74, 6) is 1.94. The zero-order chi connectivity index (χ0) is 42.1. The Morgan fingerprint density at radius 3 is 1.91 bits per heavy atom. The summed E-state index contributed by atoms with van der Waals surface area (Å²) < 4.78 is 6.79. The lowest BCUT2D eigenvalue weighted by Crippen LogP contribution is -2.04. The van der Waals surface area contributed by atoms with E-state index >= 15 is 0 Å². The van der Waals surface area contributed by atoms with Crippen molar-refractivity contribution in [2.24, 2.45) is 0 Å². The van der Waals surface area contributed by atoms with Gasteiger partial charge < -0.3 is 4.42 Å². The van der Waals surface area contributed by atoms with Crippen LogP contribution in [0, 0.1) is 0 Å². The summed E-state index contributed by atoms with van der Waals surface area (Å²) in [5, 5.41) is 9.35. The first-order chi connectivity index (χ1) is 31.7. The second kappa shape index (κ2) is 14.7. The molecule has 4 nitrogen and oxygen atoms in total. The molecule has 0 fully saturated rings. The second-order valence-corrected chi connectivity index (χ2v) is 17.1. The van der Waals surface area contributed by atoms with E-state index in [2.05, 4.69) is 194 Å². The Labute approximate surface area is 370 Å². The van der Waals surface area contributed by atoms with Crippen molar-refractivity contribution in [3.05, 3.63) is 223 Å². The number of aryl methyl sites for hydroxylation is 1. The molecule has 0 saturated heterocycles. The number of para-hydroxylation sites is 1. The molecule has 1 aliphatic rings. The lowest BCUT2D eigenvalue weighted by molar-refractivity contribution is 0.665. The Morgan fingerprint density at radius 2 is 1.03 bits per heavy atom. The number of hydrogen-bond donors (Lipinski definition) is 0. The zero-order valence-corrected chi connectivity index (χ0v) is 34.9. The summed E-state index contributed by atoms with van der Waals surface area (Å²) in [5.41, 5.74) is 13.2. The van der Waals surface area contributed by atoms with Gasteiger partial charge >= 0.3 is 0 Å². The number of hydrogen-bond acceptors (Lipinski definition) is 4. The number of furan rings is 1. The highest BCUT2D eigenvalue weighted by Crippen LogP contribution is 2.46. The summed E-state index contributed by atoms with van der Waals surface area (Å²) in [7, 11) is 0. The maximum Gasteiger partial charge on any atom is 0.164 e. The van der Waals surface area contributed by atoms with Gasteiger partial charge in [-0.2, -0.15) is 0 Å². The maximum atomic E-state index is 6.79. The van der Waals surface area contributed by atoms with E-state index in [1.807, 2.05) is 12.1 Å². The van der Waals surface area contributed by atoms with Gasteiger partial charge in [0.1, 0.15) is 11.2 Å². The van der Waals surface area contributed by atoms with E-state index in [1.165, 1.54) is 54.7 Å². The molecule has 1 atom stereocenters. The standard InChI is InChI=1S/C60H39N3O/c1-2-13-37(14-3-1)39-18-12-19-44(32-39)58-61-59(45-28-30-48-42(33-45)26-25-38-15-6-7-20-47(38)48)63-60(62-58)54-35-46(36-56-57(54)52-23-10-11-24-55(52)64-56)49-29-27-43-31-40-16-4-5-17-41(40)34-53(43)51-22-9-8-21-50(49)51/h1-26,28,30-36,49H,27,29H2. The Balaban J connectivity index is 1.04. The topological polar surface area (TPSA) is 51.8 Å². The summed E-state index contributed by atoms with van der Waals surface area (Å²) in [6.45, 7) is 0. The van der Waals surface area contributed by atoms with E-state index in [-0.39, 0.29) is 5.92 Å². The van der Waals surface area contributed by atoms with Gasteiger partial charge in [-0.05, 0) is 121 Å². The molecular formula is C60H39N3O. The SMILES string of the molecule is c1ccc(-c2cccc(-c3nc(-c4ccc5c(ccc6ccccc65)c4)nc(-c4cc(C5CCc6cc7ccccc7cc6-c6ccccc65)cc5oc6ccccc6c45)n3)c2)cc1. The fourth-order valence-electron chi connectivity index (χ4n) is 10.2. The van der Waals surface area contributed by atoms with Crippen LogP contribution >= 0.6 is 0 Å². The molecule has 1 unspecified atom stereocenters. The first-order valence-corrected chi connectivity index (χ1v) is 22.1. The third kappa shape index (κ3) is 6.10. The summed E-state index contributed by atoms with van der Waals surface area (Å²) >= 11 is 0. The van der Waals surface area contributed by atoms with Gasteiger partial charge in [0.2, 0.25) is 0 Å². The van der Waals surface area contributed by atoms with Crippen molar-refractivity contribution in [3.63, 3.8) is 0 Å². The van der Waals surface area contributed by atoms with Gasteiger partial charge in [0, 0.05) is 33.4 Å². The average Bonchev–Trinajstić information content (AvgIpc) is 3.66. The van der Waals surface area contributed by atoms with Gasteiger partial charge in [0.15, 0.2) is 17.5 Å². The van der Waals surface area contributed by atoms with Crippen molar-refractivity contribution < 1.29 is 4.42 Å². The highest BCUT2D eigenvalue weighted by atomic mass is 16.3. The largest absolute Gasteiger partial charge is 0.456 e. The number of aromatic nitrogens is 3. The second-order valence-electron chi connectivity index (χ2n) is 17.1. The predicted molar refractivity (Wildman–Crippen MR) is 263 cm³/mol. The molecule has 0 radical (unpaired) electrons. The Kier molecular flexibility index (Phi) is 8.38. The molecule has 0 amide bonds. The molecule has 4 heteroatoms. The first kappa shape index (κ1) is 36.4. The molecule has 13 rings (SSSR count). The van der Waals surface area contributed by atoms with Crippen LogP contribution in [0.2, 0.25) is 0 Å². The molecular weight excluding hydrogens is 779 g/mol. The number of nitrogens with zero attached hydrogens (tertiary/aromatic N) is 3. The van der Waals surface area contributed by atoms with E-state index in [9.17, 15) is 0 Å². The molecule has 10 aromatic carbocycles. The van der Waals surface area contributed by atoms with Crippen LogP contribution in [0.5, 0.6) is 0 Å². The minimum absolute atomic E-state index is 0.0988. The smallest absolute Gasteiger partial charge is 0.164 e. The lowest BCUT2D eigenvalue weighted by Gasteiger charge is -2.20. The monoisotopic (exact) mass is 817 g/mol. The summed E-state index contributed by atoms with van der Waals surface area (Å²) in [6, 6.07) is 73.9. The third-order valence-corrected chi connectivity index (χ3v) is 13.3. The number of rotatable bonds is 5. The summed E-state index contributed by atoms with van der Waals surface area (Å²) in [6.07, 6.45) is 1.89. The molecule has 2 heterocycles. The normalized spacial score (nSPS) is 13.7. The van der Waals surface area contributed by atoms with E-state index in [0.717, 1.165) is 68.0 Å². The van der Waals surface area contributed by atoms with Gasteiger partial charge in [-0.25, -0.2) is 15.0 Å². The molecule has 0 aliphatic heterocycles. The van der Waals surface area contributed by atoms with Gasteiger partial charge in [0.05, 0.1) is 0 Å². The van der Waals surface area contributed by atoms with E-state index in [1.54, 1.807) is 0 Å². The molecule has 64 heavy (non-hydrogen) atoms. The van der Waals surface area contributed by atoms with Crippen LogP contribution in [0.4, 0.5) is 0 Å². The van der Waals surface area contributed by atoms with Crippen LogP contribution in [0.1, 0.15) is 29.0 Å². The predicted octanol–water partition coefficient (Wildman–Crippen LogP) is 15.6. The van der Waals surface area contributed by atoms with Crippen LogP contribution in [-0.2, 0) is 6.42 Å². The molecule has 0 spiro atoms. The van der Waals surface area contributed by atoms with Crippen LogP contribution < -0.4 is 0 Å². The molecule has 0 bridgehead atoms. The first-order valence-electron chi connectivity index (χ1n) is 22.1. The molecule has 2 aromatic heterocycles. The number of fused-ring (bicyclic) bond motifs is 10. The Hall–Kier alpha value is -8.21. The minimum atomic E-state index is 0.0988. The Morgan fingerprint density at radius 1 is 0.375 bits per heavy atom. The highest BCUT2D eigenvalue weighted by Gasteiger charge is 2.27.